The van der Waals surface area contributed by atoms with E-state index in [2.05, 4.69) is 54.7 Å². The van der Waals surface area contributed by atoms with E-state index >= 15 is 0 Å². The summed E-state index contributed by atoms with van der Waals surface area (Å²) in [5.74, 6) is 0. The fraction of sp³-hybridized carbons (Fsp3) is 0.474. The van der Waals surface area contributed by atoms with E-state index in [9.17, 15) is 0 Å². The van der Waals surface area contributed by atoms with E-state index in [-0.39, 0.29) is 0 Å². The van der Waals surface area contributed by atoms with E-state index in [0.717, 1.165) is 13.2 Å². The number of fused-ring (bicyclic) bond motifs is 1. The molecular weight excluding hydrogens is 258 g/mol. The van der Waals surface area contributed by atoms with Gasteiger partial charge in [-0.25, -0.2) is 0 Å². The van der Waals surface area contributed by atoms with Crippen molar-refractivity contribution in [2.24, 2.45) is 5.41 Å². The lowest BCUT2D eigenvalue weighted by Crippen LogP contribution is -2.27. The predicted molar refractivity (Wildman–Crippen MR) is 88.5 cm³/mol. The third kappa shape index (κ3) is 3.28. The molecule has 0 aromatic heterocycles. The lowest BCUT2D eigenvalue weighted by Gasteiger charge is -2.21. The zero-order valence-corrected chi connectivity index (χ0v) is 13.1. The van der Waals surface area contributed by atoms with Crippen molar-refractivity contribution in [3.63, 3.8) is 0 Å². The van der Waals surface area contributed by atoms with Crippen LogP contribution >= 0.6 is 0 Å². The molecule has 1 atom stereocenters. The molecule has 2 aromatic rings. The lowest BCUT2D eigenvalue weighted by atomic mass is 9.98. The van der Waals surface area contributed by atoms with Crippen LogP contribution in [0, 0.1) is 5.41 Å². The number of nitrogens with one attached hydrogen (secondary N) is 1. The third-order valence-electron chi connectivity index (χ3n) is 4.87. The lowest BCUT2D eigenvalue weighted by molar-refractivity contribution is 0.170. The molecule has 0 radical (unpaired) electrons. The van der Waals surface area contributed by atoms with Gasteiger partial charge in [0, 0.05) is 26.3 Å². The highest BCUT2D eigenvalue weighted by atomic mass is 16.5. The Morgan fingerprint density at radius 3 is 2.67 bits per heavy atom. The number of benzene rings is 2. The Morgan fingerprint density at radius 2 is 1.90 bits per heavy atom. The summed E-state index contributed by atoms with van der Waals surface area (Å²) < 4.78 is 5.24. The van der Waals surface area contributed by atoms with Crippen molar-refractivity contribution < 1.29 is 4.74 Å². The summed E-state index contributed by atoms with van der Waals surface area (Å²) in [6.45, 7) is 4.25. The molecule has 0 saturated heterocycles. The normalized spacial score (nSPS) is 17.8. The van der Waals surface area contributed by atoms with Crippen molar-refractivity contribution in [3.8, 4) is 0 Å². The number of ether oxygens (including phenoxy) is 1. The molecule has 1 aliphatic carbocycles. The Morgan fingerprint density at radius 1 is 1.14 bits per heavy atom. The van der Waals surface area contributed by atoms with Gasteiger partial charge in [-0.2, -0.15) is 0 Å². The fourth-order valence-electron chi connectivity index (χ4n) is 3.12. The second-order valence-electron chi connectivity index (χ2n) is 6.41. The molecule has 0 aliphatic heterocycles. The number of hydrogen-bond donors (Lipinski definition) is 1. The molecule has 1 N–H and O–H groups in total. The average Bonchev–Trinajstić information content (AvgIpc) is 3.30. The van der Waals surface area contributed by atoms with Gasteiger partial charge in [0.2, 0.25) is 0 Å². The molecule has 1 aliphatic rings. The molecule has 0 bridgehead atoms. The zero-order valence-electron chi connectivity index (χ0n) is 13.1. The van der Waals surface area contributed by atoms with E-state index in [0.29, 0.717) is 11.5 Å². The van der Waals surface area contributed by atoms with Crippen molar-refractivity contribution in [2.45, 2.75) is 32.2 Å². The first-order chi connectivity index (χ1) is 10.2. The van der Waals surface area contributed by atoms with Crippen LogP contribution in [-0.4, -0.2) is 20.3 Å². The van der Waals surface area contributed by atoms with Crippen molar-refractivity contribution in [2.75, 3.05) is 20.3 Å². The van der Waals surface area contributed by atoms with Crippen molar-refractivity contribution in [1.29, 1.82) is 0 Å². The van der Waals surface area contributed by atoms with Gasteiger partial charge in [-0.05, 0) is 47.9 Å². The second-order valence-corrected chi connectivity index (χ2v) is 6.41. The molecule has 2 aromatic carbocycles. The summed E-state index contributed by atoms with van der Waals surface area (Å²) in [6, 6.07) is 15.6. The first-order valence-electron chi connectivity index (χ1n) is 7.94. The number of rotatable bonds is 7. The standard InChI is InChI=1S/C19H25NO/c1-15(20-14-19(10-11-19)12-13-21-2)17-9-5-7-16-6-3-4-8-18(16)17/h3-9,15,20H,10-14H2,1-2H3. The molecule has 3 rings (SSSR count). The van der Waals surface area contributed by atoms with Gasteiger partial charge < -0.3 is 10.1 Å². The number of hydrogen-bond acceptors (Lipinski definition) is 2. The highest BCUT2D eigenvalue weighted by Crippen LogP contribution is 2.48. The van der Waals surface area contributed by atoms with Crippen LogP contribution in [-0.2, 0) is 4.74 Å². The summed E-state index contributed by atoms with van der Waals surface area (Å²) >= 11 is 0. The number of methoxy groups -OCH3 is 1. The maximum absolute atomic E-state index is 5.24. The second kappa shape index (κ2) is 6.17. The molecule has 2 nitrogen and oxygen atoms in total. The van der Waals surface area contributed by atoms with Gasteiger partial charge in [-0.15, -0.1) is 0 Å². The van der Waals surface area contributed by atoms with E-state index in [1.807, 2.05) is 0 Å². The van der Waals surface area contributed by atoms with Gasteiger partial charge in [-0.3, -0.25) is 0 Å². The molecule has 112 valence electrons. The fourth-order valence-corrected chi connectivity index (χ4v) is 3.12. The minimum absolute atomic E-state index is 0.385. The molecule has 2 heteroatoms. The quantitative estimate of drug-likeness (QED) is 0.817. The van der Waals surface area contributed by atoms with E-state index < -0.39 is 0 Å². The van der Waals surface area contributed by atoms with Crippen LogP contribution in [0.25, 0.3) is 10.8 Å². The van der Waals surface area contributed by atoms with Crippen LogP contribution in [0.5, 0.6) is 0 Å². The highest BCUT2D eigenvalue weighted by molar-refractivity contribution is 5.86. The molecular formula is C19H25NO. The molecule has 21 heavy (non-hydrogen) atoms. The monoisotopic (exact) mass is 283 g/mol. The highest BCUT2D eigenvalue weighted by Gasteiger charge is 2.41. The first kappa shape index (κ1) is 14.6. The van der Waals surface area contributed by atoms with Gasteiger partial charge in [-0.1, -0.05) is 42.5 Å². The Hall–Kier alpha value is -1.38. The van der Waals surface area contributed by atoms with Crippen LogP contribution in [0.4, 0.5) is 0 Å². The minimum atomic E-state index is 0.385. The Bertz CT molecular complexity index is 598. The molecule has 1 fully saturated rings. The Labute approximate surface area is 127 Å². The van der Waals surface area contributed by atoms with Crippen molar-refractivity contribution >= 4 is 10.8 Å². The van der Waals surface area contributed by atoms with Crippen LogP contribution in [0.1, 0.15) is 37.8 Å². The Balaban J connectivity index is 1.69. The van der Waals surface area contributed by atoms with E-state index in [1.54, 1.807) is 7.11 Å². The van der Waals surface area contributed by atoms with Crippen molar-refractivity contribution in [1.82, 2.24) is 5.32 Å². The summed E-state index contributed by atoms with van der Waals surface area (Å²) in [5, 5.41) is 6.43. The topological polar surface area (TPSA) is 21.3 Å². The molecule has 1 unspecified atom stereocenters. The zero-order chi connectivity index (χ0) is 14.7. The van der Waals surface area contributed by atoms with E-state index in [1.165, 1.54) is 35.6 Å². The van der Waals surface area contributed by atoms with Crippen LogP contribution < -0.4 is 5.32 Å². The van der Waals surface area contributed by atoms with Crippen LogP contribution in [0.15, 0.2) is 42.5 Å². The maximum atomic E-state index is 5.24. The molecule has 0 heterocycles. The summed E-state index contributed by atoms with van der Waals surface area (Å²) in [5.41, 5.74) is 1.89. The van der Waals surface area contributed by atoms with Crippen LogP contribution in [0.2, 0.25) is 0 Å². The SMILES string of the molecule is COCCC1(CNC(C)c2cccc3ccccc23)CC1. The van der Waals surface area contributed by atoms with Gasteiger partial charge in [0.25, 0.3) is 0 Å². The summed E-state index contributed by atoms with van der Waals surface area (Å²) in [6.07, 6.45) is 3.86. The predicted octanol–water partition coefficient (Wildman–Crippen LogP) is 4.31. The molecule has 0 spiro atoms. The maximum Gasteiger partial charge on any atom is 0.0468 e. The van der Waals surface area contributed by atoms with Crippen LogP contribution in [0.3, 0.4) is 0 Å². The average molecular weight is 283 g/mol. The summed E-state index contributed by atoms with van der Waals surface area (Å²) in [7, 11) is 1.79. The smallest absolute Gasteiger partial charge is 0.0468 e. The molecule has 1 saturated carbocycles. The van der Waals surface area contributed by atoms with Gasteiger partial charge in [0.1, 0.15) is 0 Å². The van der Waals surface area contributed by atoms with Gasteiger partial charge in [0.15, 0.2) is 0 Å². The Kier molecular flexibility index (Phi) is 4.27. The minimum Gasteiger partial charge on any atom is -0.385 e. The van der Waals surface area contributed by atoms with Gasteiger partial charge >= 0.3 is 0 Å². The first-order valence-corrected chi connectivity index (χ1v) is 7.94. The molecule has 0 amide bonds. The van der Waals surface area contributed by atoms with Crippen molar-refractivity contribution in [3.05, 3.63) is 48.0 Å². The summed E-state index contributed by atoms with van der Waals surface area (Å²) in [4.78, 5) is 0. The largest absolute Gasteiger partial charge is 0.385 e. The van der Waals surface area contributed by atoms with Gasteiger partial charge in [0.05, 0.1) is 0 Å². The third-order valence-corrected chi connectivity index (χ3v) is 4.87. The van der Waals surface area contributed by atoms with E-state index in [4.69, 9.17) is 4.74 Å².